The summed E-state index contributed by atoms with van der Waals surface area (Å²) >= 11 is 0. The van der Waals surface area contributed by atoms with Crippen molar-refractivity contribution in [3.05, 3.63) is 48.8 Å². The van der Waals surface area contributed by atoms with Crippen LogP contribution in [0.3, 0.4) is 0 Å². The minimum atomic E-state index is -0.0367. The molecular weight excluding hydrogens is 314 g/mol. The predicted octanol–water partition coefficient (Wildman–Crippen LogP) is 2.43. The molecular formula is C19H27N5O. The number of carbonyl (C=O) groups is 1. The molecule has 2 N–H and O–H groups in total. The van der Waals surface area contributed by atoms with E-state index in [9.17, 15) is 4.79 Å². The molecule has 25 heavy (non-hydrogen) atoms. The molecule has 1 atom stereocenters. The van der Waals surface area contributed by atoms with Crippen molar-refractivity contribution in [2.24, 2.45) is 4.99 Å². The van der Waals surface area contributed by atoms with Crippen LogP contribution in [0.25, 0.3) is 0 Å². The zero-order valence-electron chi connectivity index (χ0n) is 15.4. The lowest BCUT2D eigenvalue weighted by atomic mass is 10.2. The summed E-state index contributed by atoms with van der Waals surface area (Å²) in [4.78, 5) is 20.7. The smallest absolute Gasteiger partial charge is 0.244 e. The third-order valence-corrected chi connectivity index (χ3v) is 4.15. The zero-order valence-corrected chi connectivity index (χ0v) is 15.4. The Balaban J connectivity index is 2.07. The van der Waals surface area contributed by atoms with Crippen LogP contribution in [0.1, 0.15) is 13.3 Å². The van der Waals surface area contributed by atoms with Crippen LogP contribution in [0.5, 0.6) is 0 Å². The van der Waals surface area contributed by atoms with E-state index in [4.69, 9.17) is 0 Å². The van der Waals surface area contributed by atoms with Gasteiger partial charge in [-0.3, -0.25) is 9.69 Å². The maximum absolute atomic E-state index is 12.5. The number of nitrogens with zero attached hydrogens (tertiary/aromatic N) is 3. The summed E-state index contributed by atoms with van der Waals surface area (Å²) < 4.78 is 0. The van der Waals surface area contributed by atoms with E-state index in [-0.39, 0.29) is 11.9 Å². The lowest BCUT2D eigenvalue weighted by molar-refractivity contribution is -0.120. The summed E-state index contributed by atoms with van der Waals surface area (Å²) in [6.45, 7) is 6.44. The van der Waals surface area contributed by atoms with Crippen molar-refractivity contribution < 1.29 is 4.79 Å². The Labute approximate surface area is 149 Å². The summed E-state index contributed by atoms with van der Waals surface area (Å²) in [7, 11) is 5.70. The van der Waals surface area contributed by atoms with Crippen molar-refractivity contribution >= 4 is 23.1 Å². The van der Waals surface area contributed by atoms with Gasteiger partial charge in [0.25, 0.3) is 0 Å². The van der Waals surface area contributed by atoms with Gasteiger partial charge in [0.15, 0.2) is 0 Å². The molecule has 2 rings (SSSR count). The third kappa shape index (κ3) is 4.93. The van der Waals surface area contributed by atoms with Crippen LogP contribution in [0.15, 0.2) is 53.8 Å². The summed E-state index contributed by atoms with van der Waals surface area (Å²) in [5.74, 6) is 0.914. The molecule has 1 saturated heterocycles. The third-order valence-electron chi connectivity index (χ3n) is 4.15. The van der Waals surface area contributed by atoms with Crippen molar-refractivity contribution in [3.8, 4) is 0 Å². The van der Waals surface area contributed by atoms with E-state index in [1.807, 2.05) is 62.1 Å². The van der Waals surface area contributed by atoms with Gasteiger partial charge in [-0.15, -0.1) is 0 Å². The average Bonchev–Trinajstić information content (AvgIpc) is 2.96. The minimum absolute atomic E-state index is 0.0367. The van der Waals surface area contributed by atoms with E-state index in [0.717, 1.165) is 35.9 Å². The molecule has 6 nitrogen and oxygen atoms in total. The first-order valence-corrected chi connectivity index (χ1v) is 8.35. The van der Waals surface area contributed by atoms with E-state index >= 15 is 0 Å². The number of likely N-dealkylation sites (N-methyl/N-ethyl adjacent to an activating group) is 2. The largest absolute Gasteiger partial charge is 0.389 e. The maximum Gasteiger partial charge on any atom is 0.244 e. The fraction of sp³-hybridized carbons (Fsp3) is 0.368. The number of aliphatic imine (C=N–C) groups is 1. The van der Waals surface area contributed by atoms with Gasteiger partial charge in [0.1, 0.15) is 5.84 Å². The van der Waals surface area contributed by atoms with Gasteiger partial charge >= 0.3 is 0 Å². The van der Waals surface area contributed by atoms with Crippen LogP contribution in [0.2, 0.25) is 0 Å². The van der Waals surface area contributed by atoms with Crippen molar-refractivity contribution in [1.82, 2.24) is 10.2 Å². The average molecular weight is 341 g/mol. The number of hydrogen-bond donors (Lipinski definition) is 2. The first kappa shape index (κ1) is 18.7. The highest BCUT2D eigenvalue weighted by molar-refractivity contribution is 6.00. The number of amides is 1. The summed E-state index contributed by atoms with van der Waals surface area (Å²) in [6.07, 6.45) is 4.34. The highest BCUT2D eigenvalue weighted by Gasteiger charge is 2.33. The Kier molecular flexibility index (Phi) is 6.36. The normalized spacial score (nSPS) is 18.3. The Morgan fingerprint density at radius 2 is 2.20 bits per heavy atom. The number of rotatable bonds is 6. The standard InChI is InChI=1S/C19H27N5O/c1-14(20-3)9-11-21-15(2)22-16-7-6-8-17(13-16)24-12-10-18(19(24)25)23(4)5/h6-9,11,13,18,20H,1,10,12H2,2-5H3,(H,21,22)/b11-9-. The molecule has 0 radical (unpaired) electrons. The van der Waals surface area contributed by atoms with Gasteiger partial charge in [-0.2, -0.15) is 0 Å². The lowest BCUT2D eigenvalue weighted by Gasteiger charge is -2.20. The van der Waals surface area contributed by atoms with Crippen LogP contribution in [-0.4, -0.2) is 50.4 Å². The van der Waals surface area contributed by atoms with Gasteiger partial charge in [0.2, 0.25) is 5.91 Å². The number of benzene rings is 1. The van der Waals surface area contributed by atoms with E-state index in [1.165, 1.54) is 0 Å². The molecule has 0 bridgehead atoms. The number of hydrogen-bond acceptors (Lipinski definition) is 4. The monoisotopic (exact) mass is 341 g/mol. The molecule has 0 aromatic heterocycles. The molecule has 0 spiro atoms. The van der Waals surface area contributed by atoms with Crippen molar-refractivity contribution in [3.63, 3.8) is 0 Å². The second-order valence-corrected chi connectivity index (χ2v) is 6.24. The quantitative estimate of drug-likeness (QED) is 0.474. The fourth-order valence-electron chi connectivity index (χ4n) is 2.72. The van der Waals surface area contributed by atoms with E-state index in [1.54, 1.807) is 12.3 Å². The van der Waals surface area contributed by atoms with Gasteiger partial charge in [0.05, 0.1) is 6.04 Å². The van der Waals surface area contributed by atoms with E-state index in [0.29, 0.717) is 0 Å². The Morgan fingerprint density at radius 1 is 1.44 bits per heavy atom. The molecule has 0 aliphatic carbocycles. The minimum Gasteiger partial charge on any atom is -0.389 e. The first-order chi connectivity index (χ1) is 11.9. The Morgan fingerprint density at radius 3 is 2.84 bits per heavy atom. The summed E-state index contributed by atoms with van der Waals surface area (Å²) in [5, 5.41) is 6.18. The van der Waals surface area contributed by atoms with E-state index in [2.05, 4.69) is 22.2 Å². The molecule has 1 aliphatic rings. The number of carbonyl (C=O) groups excluding carboxylic acids is 1. The van der Waals surface area contributed by atoms with Crippen molar-refractivity contribution in [2.45, 2.75) is 19.4 Å². The first-order valence-electron chi connectivity index (χ1n) is 8.35. The van der Waals surface area contributed by atoms with Crippen LogP contribution in [-0.2, 0) is 4.79 Å². The molecule has 0 saturated carbocycles. The molecule has 1 heterocycles. The fourth-order valence-corrected chi connectivity index (χ4v) is 2.72. The van der Waals surface area contributed by atoms with Gasteiger partial charge < -0.3 is 15.5 Å². The topological polar surface area (TPSA) is 60.0 Å². The van der Waals surface area contributed by atoms with Crippen LogP contribution < -0.4 is 15.5 Å². The molecule has 6 heteroatoms. The summed E-state index contributed by atoms with van der Waals surface area (Å²) in [6, 6.07) is 7.81. The number of allylic oxidation sites excluding steroid dienone is 1. The molecule has 1 fully saturated rings. The highest BCUT2D eigenvalue weighted by Crippen LogP contribution is 2.25. The molecule has 134 valence electrons. The second kappa shape index (κ2) is 8.48. The maximum atomic E-state index is 12.5. The lowest BCUT2D eigenvalue weighted by Crippen LogP contribution is -2.37. The number of anilines is 2. The molecule has 1 amide bonds. The zero-order chi connectivity index (χ0) is 18.4. The molecule has 1 aliphatic heterocycles. The molecule has 1 unspecified atom stereocenters. The highest BCUT2D eigenvalue weighted by atomic mass is 16.2. The van der Waals surface area contributed by atoms with Crippen molar-refractivity contribution in [1.29, 1.82) is 0 Å². The number of nitrogens with one attached hydrogen (secondary N) is 2. The molecule has 1 aromatic carbocycles. The SMILES string of the molecule is C=C(/C=C\N=C(C)Nc1cccc(N2CCC(N(C)C)C2=O)c1)NC. The van der Waals surface area contributed by atoms with Crippen LogP contribution in [0, 0.1) is 0 Å². The Bertz CT molecular complexity index is 693. The van der Waals surface area contributed by atoms with Crippen LogP contribution >= 0.6 is 0 Å². The van der Waals surface area contributed by atoms with Crippen molar-refractivity contribution in [2.75, 3.05) is 37.9 Å². The van der Waals surface area contributed by atoms with Gasteiger partial charge in [0, 0.05) is 36.9 Å². The molecule has 1 aromatic rings. The second-order valence-electron chi connectivity index (χ2n) is 6.24. The van der Waals surface area contributed by atoms with Gasteiger partial charge in [-0.1, -0.05) is 12.6 Å². The van der Waals surface area contributed by atoms with Crippen LogP contribution in [0.4, 0.5) is 11.4 Å². The Hall–Kier alpha value is -2.60. The van der Waals surface area contributed by atoms with Gasteiger partial charge in [-0.05, 0) is 51.7 Å². The number of amidine groups is 1. The summed E-state index contributed by atoms with van der Waals surface area (Å²) in [5.41, 5.74) is 2.61. The predicted molar refractivity (Wildman–Crippen MR) is 105 cm³/mol. The van der Waals surface area contributed by atoms with E-state index < -0.39 is 0 Å². The van der Waals surface area contributed by atoms with Gasteiger partial charge in [-0.25, -0.2) is 4.99 Å².